The van der Waals surface area contributed by atoms with Crippen molar-refractivity contribution < 1.29 is 17.9 Å². The first-order chi connectivity index (χ1) is 20.3. The standard InChI is InChI=1S/C33H36N4O4S/c1-25(27-11-7-4-8-12-27)35-42(39,40)32-24-28(34-33(38)23-26-9-5-3-6-10-26)13-18-31(32)37-21-19-36(20-22-37)29-14-16-30(41-2)17-15-29/h3-18,24-25,35H,19-23H2,1-2H3,(H,34,38)/t25-/m0/s1. The topological polar surface area (TPSA) is 91.0 Å². The Balaban J connectivity index is 1.38. The molecule has 1 atom stereocenters. The molecular weight excluding hydrogens is 548 g/mol. The van der Waals surface area contributed by atoms with Crippen LogP contribution in [-0.4, -0.2) is 47.6 Å². The molecule has 1 aliphatic heterocycles. The highest BCUT2D eigenvalue weighted by molar-refractivity contribution is 7.89. The average molecular weight is 585 g/mol. The van der Waals surface area contributed by atoms with Crippen molar-refractivity contribution in [3.8, 4) is 5.75 Å². The molecule has 8 nitrogen and oxygen atoms in total. The molecule has 2 N–H and O–H groups in total. The minimum atomic E-state index is -3.95. The van der Waals surface area contributed by atoms with Crippen LogP contribution in [0.4, 0.5) is 17.1 Å². The highest BCUT2D eigenvalue weighted by atomic mass is 32.2. The minimum Gasteiger partial charge on any atom is -0.497 e. The van der Waals surface area contributed by atoms with E-state index in [-0.39, 0.29) is 17.2 Å². The van der Waals surface area contributed by atoms with Gasteiger partial charge in [0.25, 0.3) is 0 Å². The van der Waals surface area contributed by atoms with E-state index in [0.717, 1.165) is 35.7 Å². The first-order valence-corrected chi connectivity index (χ1v) is 15.5. The van der Waals surface area contributed by atoms with Crippen LogP contribution in [-0.2, 0) is 21.2 Å². The molecule has 1 amide bonds. The number of rotatable bonds is 10. The van der Waals surface area contributed by atoms with Crippen molar-refractivity contribution in [3.63, 3.8) is 0 Å². The lowest BCUT2D eigenvalue weighted by Gasteiger charge is -2.38. The number of ether oxygens (including phenoxy) is 1. The van der Waals surface area contributed by atoms with Crippen LogP contribution in [0.3, 0.4) is 0 Å². The van der Waals surface area contributed by atoms with Crippen LogP contribution in [0, 0.1) is 0 Å². The summed E-state index contributed by atoms with van der Waals surface area (Å²) in [6.45, 7) is 4.57. The summed E-state index contributed by atoms with van der Waals surface area (Å²) in [4.78, 5) is 17.3. The van der Waals surface area contributed by atoms with Gasteiger partial charge in [0, 0.05) is 43.6 Å². The SMILES string of the molecule is COc1ccc(N2CCN(c3ccc(NC(=O)Cc4ccccc4)cc3S(=O)(=O)N[C@@H](C)c3ccccc3)CC2)cc1. The fourth-order valence-corrected chi connectivity index (χ4v) is 6.64. The predicted molar refractivity (Wildman–Crippen MR) is 168 cm³/mol. The molecule has 0 saturated carbocycles. The quantitative estimate of drug-likeness (QED) is 0.265. The Kier molecular flexibility index (Phi) is 9.09. The van der Waals surface area contributed by atoms with Gasteiger partial charge in [-0.3, -0.25) is 4.79 Å². The van der Waals surface area contributed by atoms with Gasteiger partial charge >= 0.3 is 0 Å². The van der Waals surface area contributed by atoms with Gasteiger partial charge in [0.05, 0.1) is 19.2 Å². The number of amides is 1. The van der Waals surface area contributed by atoms with Crippen LogP contribution in [0.25, 0.3) is 0 Å². The van der Waals surface area contributed by atoms with Crippen LogP contribution in [0.1, 0.15) is 24.1 Å². The van der Waals surface area contributed by atoms with Crippen molar-refractivity contribution in [1.29, 1.82) is 0 Å². The van der Waals surface area contributed by atoms with E-state index in [4.69, 9.17) is 4.74 Å². The first-order valence-electron chi connectivity index (χ1n) is 14.0. The lowest BCUT2D eigenvalue weighted by Crippen LogP contribution is -2.47. The van der Waals surface area contributed by atoms with Crippen molar-refractivity contribution in [2.24, 2.45) is 0 Å². The number of nitrogens with one attached hydrogen (secondary N) is 2. The van der Waals surface area contributed by atoms with E-state index in [0.29, 0.717) is 24.5 Å². The summed E-state index contributed by atoms with van der Waals surface area (Å²) in [6, 6.07) is 31.5. The summed E-state index contributed by atoms with van der Waals surface area (Å²) in [5, 5.41) is 2.89. The smallest absolute Gasteiger partial charge is 0.243 e. The third-order valence-electron chi connectivity index (χ3n) is 7.43. The predicted octanol–water partition coefficient (Wildman–Crippen LogP) is 5.24. The van der Waals surface area contributed by atoms with Crippen molar-refractivity contribution in [1.82, 2.24) is 4.72 Å². The fraction of sp³-hybridized carbons (Fsp3) is 0.242. The van der Waals surface area contributed by atoms with E-state index in [1.54, 1.807) is 25.3 Å². The number of methoxy groups -OCH3 is 1. The third-order valence-corrected chi connectivity index (χ3v) is 9.00. The Bertz CT molecular complexity index is 1590. The number of anilines is 3. The zero-order chi connectivity index (χ0) is 29.5. The van der Waals surface area contributed by atoms with Crippen molar-refractivity contribution in [2.75, 3.05) is 48.4 Å². The summed E-state index contributed by atoms with van der Waals surface area (Å²) < 4.78 is 35.9. The highest BCUT2D eigenvalue weighted by Crippen LogP contribution is 2.31. The second-order valence-corrected chi connectivity index (χ2v) is 12.0. The third kappa shape index (κ3) is 7.10. The van der Waals surface area contributed by atoms with Crippen molar-refractivity contribution in [3.05, 3.63) is 114 Å². The number of hydrogen-bond acceptors (Lipinski definition) is 6. The van der Waals surface area contributed by atoms with Crippen LogP contribution < -0.4 is 24.6 Å². The molecule has 4 aromatic rings. The maximum absolute atomic E-state index is 13.9. The zero-order valence-electron chi connectivity index (χ0n) is 23.9. The molecule has 4 aromatic carbocycles. The number of sulfonamides is 1. The van der Waals surface area contributed by atoms with Gasteiger partial charge in [-0.05, 0) is 60.5 Å². The number of hydrogen-bond donors (Lipinski definition) is 2. The average Bonchev–Trinajstić information content (AvgIpc) is 3.02. The van der Waals surface area contributed by atoms with Gasteiger partial charge in [-0.1, -0.05) is 60.7 Å². The number of nitrogens with zero attached hydrogens (tertiary/aromatic N) is 2. The van der Waals surface area contributed by atoms with E-state index in [1.165, 1.54) is 0 Å². The van der Waals surface area contributed by atoms with Crippen LogP contribution >= 0.6 is 0 Å². The van der Waals surface area contributed by atoms with Gasteiger partial charge < -0.3 is 19.9 Å². The van der Waals surface area contributed by atoms with Crippen LogP contribution in [0.15, 0.2) is 108 Å². The number of piperazine rings is 1. The molecule has 0 spiro atoms. The summed E-state index contributed by atoms with van der Waals surface area (Å²) in [5.74, 6) is 0.594. The lowest BCUT2D eigenvalue weighted by atomic mass is 10.1. The summed E-state index contributed by atoms with van der Waals surface area (Å²) in [7, 11) is -2.30. The van der Waals surface area contributed by atoms with Gasteiger partial charge in [0.15, 0.2) is 0 Å². The lowest BCUT2D eigenvalue weighted by molar-refractivity contribution is -0.115. The molecule has 1 fully saturated rings. The van der Waals surface area contributed by atoms with Gasteiger partial charge in [0.1, 0.15) is 10.6 Å². The second-order valence-electron chi connectivity index (χ2n) is 10.3. The number of carbonyl (C=O) groups excluding carboxylic acids is 1. The van der Waals surface area contributed by atoms with Gasteiger partial charge in [0.2, 0.25) is 15.9 Å². The monoisotopic (exact) mass is 584 g/mol. The fourth-order valence-electron chi connectivity index (χ4n) is 5.16. The van der Waals surface area contributed by atoms with Crippen molar-refractivity contribution >= 4 is 33.0 Å². The molecule has 1 heterocycles. The van der Waals surface area contributed by atoms with Gasteiger partial charge in [-0.15, -0.1) is 0 Å². The van der Waals surface area contributed by atoms with Crippen LogP contribution in [0.2, 0.25) is 0 Å². The zero-order valence-corrected chi connectivity index (χ0v) is 24.7. The molecule has 42 heavy (non-hydrogen) atoms. The first kappa shape index (κ1) is 29.2. The summed E-state index contributed by atoms with van der Waals surface area (Å²) >= 11 is 0. The molecule has 0 bridgehead atoms. The number of carbonyl (C=O) groups is 1. The Morgan fingerprint density at radius 2 is 1.45 bits per heavy atom. The molecule has 0 radical (unpaired) electrons. The van der Waals surface area contributed by atoms with Gasteiger partial charge in [-0.2, -0.15) is 0 Å². The van der Waals surface area contributed by atoms with E-state index >= 15 is 0 Å². The van der Waals surface area contributed by atoms with Crippen molar-refractivity contribution in [2.45, 2.75) is 24.3 Å². The number of benzene rings is 4. The second kappa shape index (κ2) is 13.1. The maximum Gasteiger partial charge on any atom is 0.243 e. The van der Waals surface area contributed by atoms with E-state index in [2.05, 4.69) is 19.8 Å². The Morgan fingerprint density at radius 3 is 2.10 bits per heavy atom. The largest absolute Gasteiger partial charge is 0.497 e. The maximum atomic E-state index is 13.9. The van der Waals surface area contributed by atoms with Gasteiger partial charge in [-0.25, -0.2) is 13.1 Å². The summed E-state index contributed by atoms with van der Waals surface area (Å²) in [6.07, 6.45) is 0.196. The summed E-state index contributed by atoms with van der Waals surface area (Å²) in [5.41, 5.74) is 3.89. The molecule has 0 aliphatic carbocycles. The molecule has 218 valence electrons. The van der Waals surface area contributed by atoms with E-state index in [1.807, 2.05) is 91.9 Å². The normalized spacial score (nSPS) is 14.3. The molecule has 5 rings (SSSR count). The highest BCUT2D eigenvalue weighted by Gasteiger charge is 2.27. The Morgan fingerprint density at radius 1 is 0.833 bits per heavy atom. The van der Waals surface area contributed by atoms with E-state index < -0.39 is 16.1 Å². The van der Waals surface area contributed by atoms with E-state index in [9.17, 15) is 13.2 Å². The molecule has 1 saturated heterocycles. The Hall–Kier alpha value is -4.34. The van der Waals surface area contributed by atoms with Crippen LogP contribution in [0.5, 0.6) is 5.75 Å². The molecule has 0 unspecified atom stereocenters. The molecule has 0 aromatic heterocycles. The minimum absolute atomic E-state index is 0.140. The molecule has 9 heteroatoms. The molecular formula is C33H36N4O4S. The Labute approximate surface area is 248 Å². The molecule has 1 aliphatic rings.